The largest absolute Gasteiger partial charge is 0.274 e. The number of imide groups is 1. The third kappa shape index (κ3) is 2.20. The number of amides is 2. The highest BCUT2D eigenvalue weighted by molar-refractivity contribution is 9.10. The minimum atomic E-state index is -0.343. The Morgan fingerprint density at radius 3 is 1.97 bits per heavy atom. The van der Waals surface area contributed by atoms with Gasteiger partial charge in [0, 0.05) is 16.3 Å². The van der Waals surface area contributed by atoms with Crippen LogP contribution in [-0.2, 0) is 16.0 Å². The van der Waals surface area contributed by atoms with E-state index < -0.39 is 0 Å². The normalized spacial score (nSPS) is 25.9. The van der Waals surface area contributed by atoms with E-state index in [1.54, 1.807) is 0 Å². The third-order valence-electron chi connectivity index (χ3n) is 7.11. The number of anilines is 1. The summed E-state index contributed by atoms with van der Waals surface area (Å²) in [6.07, 6.45) is 0.955. The molecule has 0 N–H and O–H groups in total. The van der Waals surface area contributed by atoms with Crippen LogP contribution < -0.4 is 4.90 Å². The van der Waals surface area contributed by atoms with Crippen molar-refractivity contribution in [2.24, 2.45) is 11.8 Å². The van der Waals surface area contributed by atoms with Crippen LogP contribution in [-0.4, -0.2) is 11.8 Å². The fraction of sp³-hybridized carbons (Fsp3) is 0.231. The summed E-state index contributed by atoms with van der Waals surface area (Å²) in [4.78, 5) is 28.9. The lowest BCUT2D eigenvalue weighted by Crippen LogP contribution is -2.41. The molecule has 3 aromatic carbocycles. The van der Waals surface area contributed by atoms with Crippen LogP contribution in [0.15, 0.2) is 71.2 Å². The van der Waals surface area contributed by atoms with Crippen LogP contribution in [0.2, 0.25) is 0 Å². The summed E-state index contributed by atoms with van der Waals surface area (Å²) in [6, 6.07) is 22.5. The van der Waals surface area contributed by atoms with Gasteiger partial charge in [-0.15, -0.1) is 0 Å². The molecule has 0 spiro atoms. The number of rotatable bonds is 2. The number of carbonyl (C=O) groups excluding carboxylic acids is 2. The van der Waals surface area contributed by atoms with Gasteiger partial charge in [-0.2, -0.15) is 0 Å². The Kier molecular flexibility index (Phi) is 3.85. The first-order valence-corrected chi connectivity index (χ1v) is 11.2. The molecule has 3 aliphatic carbocycles. The van der Waals surface area contributed by atoms with Crippen molar-refractivity contribution in [1.29, 1.82) is 0 Å². The zero-order valence-electron chi connectivity index (χ0n) is 16.5. The summed E-state index contributed by atoms with van der Waals surface area (Å²) in [5.74, 6) is -0.975. The summed E-state index contributed by atoms with van der Waals surface area (Å²) in [5, 5.41) is 0. The molecule has 4 heteroatoms. The number of hydrogen-bond acceptors (Lipinski definition) is 2. The molecule has 0 aromatic heterocycles. The summed E-state index contributed by atoms with van der Waals surface area (Å²) in [6.45, 7) is 2.15. The highest BCUT2D eigenvalue weighted by atomic mass is 79.9. The molecule has 1 aliphatic heterocycles. The Hall–Kier alpha value is -2.72. The van der Waals surface area contributed by atoms with Crippen molar-refractivity contribution < 1.29 is 9.59 Å². The van der Waals surface area contributed by atoms with E-state index in [9.17, 15) is 9.59 Å². The number of aryl methyl sites for hydroxylation is 1. The van der Waals surface area contributed by atoms with Crippen molar-refractivity contribution in [3.05, 3.63) is 99.0 Å². The monoisotopic (exact) mass is 457 g/mol. The van der Waals surface area contributed by atoms with Gasteiger partial charge in [0.1, 0.15) is 0 Å². The maximum atomic E-state index is 13.8. The number of carbonyl (C=O) groups is 2. The fourth-order valence-corrected chi connectivity index (χ4v) is 6.33. The van der Waals surface area contributed by atoms with E-state index in [1.165, 1.54) is 32.7 Å². The lowest BCUT2D eigenvalue weighted by Gasteiger charge is -2.46. The van der Waals surface area contributed by atoms with E-state index in [2.05, 4.69) is 53.2 Å². The Bertz CT molecular complexity index is 1230. The van der Waals surface area contributed by atoms with Crippen LogP contribution in [0.4, 0.5) is 5.69 Å². The van der Waals surface area contributed by atoms with Gasteiger partial charge in [0.2, 0.25) is 11.8 Å². The van der Waals surface area contributed by atoms with Crippen molar-refractivity contribution >= 4 is 33.4 Å². The fourth-order valence-electron chi connectivity index (χ4n) is 5.87. The predicted octanol–water partition coefficient (Wildman–Crippen LogP) is 5.41. The Morgan fingerprint density at radius 1 is 0.767 bits per heavy atom. The molecule has 3 aromatic rings. The van der Waals surface area contributed by atoms with Crippen molar-refractivity contribution in [3.8, 4) is 0 Å². The molecule has 4 atom stereocenters. The minimum Gasteiger partial charge on any atom is -0.274 e. The highest BCUT2D eigenvalue weighted by Crippen LogP contribution is 2.61. The second-order valence-corrected chi connectivity index (χ2v) is 9.27. The van der Waals surface area contributed by atoms with Crippen molar-refractivity contribution in [2.45, 2.75) is 25.2 Å². The molecule has 0 unspecified atom stereocenters. The van der Waals surface area contributed by atoms with Gasteiger partial charge in [-0.3, -0.25) is 9.59 Å². The maximum absolute atomic E-state index is 13.8. The molecule has 7 rings (SSSR count). The number of para-hydroxylation sites is 1. The lowest BCUT2D eigenvalue weighted by molar-refractivity contribution is -0.122. The number of nitrogens with zero attached hydrogens (tertiary/aromatic N) is 1. The van der Waals surface area contributed by atoms with E-state index >= 15 is 0 Å². The first-order chi connectivity index (χ1) is 14.6. The first kappa shape index (κ1) is 18.1. The van der Waals surface area contributed by atoms with Crippen molar-refractivity contribution in [2.75, 3.05) is 4.90 Å². The molecule has 0 radical (unpaired) electrons. The van der Waals surface area contributed by atoms with Gasteiger partial charge in [0.15, 0.2) is 0 Å². The maximum Gasteiger partial charge on any atom is 0.238 e. The van der Waals surface area contributed by atoms with E-state index in [0.29, 0.717) is 5.69 Å². The van der Waals surface area contributed by atoms with Crippen LogP contribution in [0.25, 0.3) is 0 Å². The number of benzene rings is 3. The van der Waals surface area contributed by atoms with Crippen molar-refractivity contribution in [3.63, 3.8) is 0 Å². The van der Waals surface area contributed by atoms with E-state index in [4.69, 9.17) is 0 Å². The van der Waals surface area contributed by atoms with E-state index in [1.807, 2.05) is 36.4 Å². The number of hydrogen-bond donors (Lipinski definition) is 0. The summed E-state index contributed by atoms with van der Waals surface area (Å²) >= 11 is 3.54. The van der Waals surface area contributed by atoms with Gasteiger partial charge in [0.25, 0.3) is 0 Å². The summed E-state index contributed by atoms with van der Waals surface area (Å²) in [5.41, 5.74) is 6.77. The molecule has 3 nitrogen and oxygen atoms in total. The van der Waals surface area contributed by atoms with Crippen LogP contribution in [0, 0.1) is 11.8 Å². The summed E-state index contributed by atoms with van der Waals surface area (Å²) in [7, 11) is 0. The zero-order valence-corrected chi connectivity index (χ0v) is 18.1. The smallest absolute Gasteiger partial charge is 0.238 e. The lowest BCUT2D eigenvalue weighted by atomic mass is 9.55. The molecule has 2 bridgehead atoms. The molecule has 0 saturated carbocycles. The molecule has 2 amide bonds. The second kappa shape index (κ2) is 6.39. The molecule has 1 fully saturated rings. The molecular formula is C26H20BrNO2. The highest BCUT2D eigenvalue weighted by Gasteiger charge is 2.61. The van der Waals surface area contributed by atoms with Crippen LogP contribution in [0.1, 0.15) is 46.6 Å². The topological polar surface area (TPSA) is 37.4 Å². The second-order valence-electron chi connectivity index (χ2n) is 8.42. The Balaban J connectivity index is 1.58. The third-order valence-corrected chi connectivity index (χ3v) is 7.78. The Labute approximate surface area is 183 Å². The molecule has 30 heavy (non-hydrogen) atoms. The van der Waals surface area contributed by atoms with Gasteiger partial charge >= 0.3 is 0 Å². The van der Waals surface area contributed by atoms with Gasteiger partial charge in [-0.25, -0.2) is 4.90 Å². The molecule has 1 heterocycles. The van der Waals surface area contributed by atoms with Crippen LogP contribution >= 0.6 is 15.9 Å². The van der Waals surface area contributed by atoms with E-state index in [0.717, 1.165) is 10.9 Å². The molecule has 148 valence electrons. The molecule has 4 aliphatic rings. The first-order valence-electron chi connectivity index (χ1n) is 10.5. The van der Waals surface area contributed by atoms with E-state index in [-0.39, 0.29) is 35.5 Å². The standard InChI is InChI=1S/C26H20BrNO2/c1-2-14-11-12-17-18(13-14)22-16-8-4-3-7-15(16)21(17)23-24(22)26(30)28(25(23)29)20-10-6-5-9-19(20)27/h3-13,21-24H,2H2,1H3/t21-,22-,23+,24-/m1/s1. The van der Waals surface area contributed by atoms with Crippen LogP contribution in [0.3, 0.4) is 0 Å². The average molecular weight is 458 g/mol. The van der Waals surface area contributed by atoms with Gasteiger partial charge in [-0.05, 0) is 62.3 Å². The predicted molar refractivity (Wildman–Crippen MR) is 120 cm³/mol. The van der Waals surface area contributed by atoms with Gasteiger partial charge in [-0.1, -0.05) is 61.5 Å². The minimum absolute atomic E-state index is 0.0679. The molecular weight excluding hydrogens is 438 g/mol. The van der Waals surface area contributed by atoms with Gasteiger partial charge < -0.3 is 0 Å². The number of halogens is 1. The zero-order chi connectivity index (χ0) is 20.6. The van der Waals surface area contributed by atoms with Gasteiger partial charge in [0.05, 0.1) is 17.5 Å². The quantitative estimate of drug-likeness (QED) is 0.482. The SMILES string of the molecule is CCc1ccc2c(c1)[C@H]1c3ccccc3[C@H]2[C@@H]2C(=O)N(c3ccccc3Br)C(=O)[C@H]12. The molecule has 1 saturated heterocycles. The summed E-state index contributed by atoms with van der Waals surface area (Å²) < 4.78 is 0.765. The Morgan fingerprint density at radius 2 is 1.33 bits per heavy atom. The van der Waals surface area contributed by atoms with Crippen molar-refractivity contribution in [1.82, 2.24) is 0 Å². The van der Waals surface area contributed by atoms with Crippen LogP contribution in [0.5, 0.6) is 0 Å². The average Bonchev–Trinajstić information content (AvgIpc) is 3.04.